The number of ether oxygens (including phenoxy) is 1. The molecule has 0 saturated carbocycles. The van der Waals surface area contributed by atoms with E-state index in [2.05, 4.69) is 13.6 Å². The Hall–Kier alpha value is -1.03. The molecule has 1 fully saturated rings. The zero-order valence-corrected chi connectivity index (χ0v) is 14.4. The average Bonchev–Trinajstić information content (AvgIpc) is 2.51. The first-order valence-corrected chi connectivity index (χ1v) is 8.74. The predicted octanol–water partition coefficient (Wildman–Crippen LogP) is 0.641. The summed E-state index contributed by atoms with van der Waals surface area (Å²) in [5.74, 6) is 0.944. The fourth-order valence-electron chi connectivity index (χ4n) is 2.94. The first-order valence-electron chi connectivity index (χ1n) is 8.36. The van der Waals surface area contributed by atoms with Gasteiger partial charge in [0.25, 0.3) is 0 Å². The van der Waals surface area contributed by atoms with Crippen LogP contribution in [0.4, 0.5) is 0 Å². The Morgan fingerprint density at radius 2 is 2.00 bits per heavy atom. The molecule has 1 aliphatic heterocycles. The summed E-state index contributed by atoms with van der Waals surface area (Å²) in [6, 6.07) is 5.82. The summed E-state index contributed by atoms with van der Waals surface area (Å²) in [5, 5.41) is 0.755. The molecule has 1 aromatic rings. The average molecular weight is 325 g/mol. The highest BCUT2D eigenvalue weighted by Crippen LogP contribution is 2.23. The standard InChI is InChI=1S/C18H27ClN2O/c1-3-6-16-15-17(19)7-8-18(16)22-14-5-4-9-21-12-10-20(2)11-13-21/h3,7-8,15H,1,4-6,9-14H2,2H3/p+2. The van der Waals surface area contributed by atoms with E-state index in [1.54, 1.807) is 9.80 Å². The van der Waals surface area contributed by atoms with Crippen molar-refractivity contribution in [1.29, 1.82) is 0 Å². The zero-order chi connectivity index (χ0) is 15.8. The number of benzene rings is 1. The molecule has 1 saturated heterocycles. The van der Waals surface area contributed by atoms with Crippen molar-refractivity contribution in [1.82, 2.24) is 0 Å². The molecule has 0 amide bonds. The Morgan fingerprint density at radius 1 is 1.23 bits per heavy atom. The molecule has 0 bridgehead atoms. The monoisotopic (exact) mass is 324 g/mol. The summed E-state index contributed by atoms with van der Waals surface area (Å²) < 4.78 is 5.93. The van der Waals surface area contributed by atoms with Gasteiger partial charge in [-0.3, -0.25) is 0 Å². The maximum Gasteiger partial charge on any atom is 0.127 e. The summed E-state index contributed by atoms with van der Waals surface area (Å²) in [7, 11) is 2.29. The Morgan fingerprint density at radius 3 is 2.73 bits per heavy atom. The lowest BCUT2D eigenvalue weighted by molar-refractivity contribution is -1.00. The van der Waals surface area contributed by atoms with Gasteiger partial charge in [0, 0.05) is 5.02 Å². The summed E-state index contributed by atoms with van der Waals surface area (Å²) >= 11 is 6.04. The van der Waals surface area contributed by atoms with Crippen LogP contribution < -0.4 is 14.5 Å². The van der Waals surface area contributed by atoms with Crippen LogP contribution >= 0.6 is 11.6 Å². The quantitative estimate of drug-likeness (QED) is 0.530. The highest BCUT2D eigenvalue weighted by Gasteiger charge is 2.18. The van der Waals surface area contributed by atoms with E-state index in [9.17, 15) is 0 Å². The maximum atomic E-state index is 6.04. The van der Waals surface area contributed by atoms with Gasteiger partial charge in [-0.2, -0.15) is 0 Å². The predicted molar refractivity (Wildman–Crippen MR) is 92.3 cm³/mol. The number of hydrogen-bond acceptors (Lipinski definition) is 1. The van der Waals surface area contributed by atoms with Crippen LogP contribution in [0.1, 0.15) is 18.4 Å². The number of rotatable bonds is 8. The van der Waals surface area contributed by atoms with E-state index in [1.807, 2.05) is 24.3 Å². The molecule has 0 aromatic heterocycles. The summed E-state index contributed by atoms with van der Waals surface area (Å²) in [5.41, 5.74) is 1.12. The van der Waals surface area contributed by atoms with Gasteiger partial charge in [0.05, 0.1) is 20.2 Å². The third kappa shape index (κ3) is 5.64. The Labute approximate surface area is 139 Å². The number of likely N-dealkylation sites (N-methyl/N-ethyl adjacent to an activating group) is 1. The van der Waals surface area contributed by atoms with Crippen LogP contribution in [0.5, 0.6) is 5.75 Å². The van der Waals surface area contributed by atoms with E-state index in [-0.39, 0.29) is 0 Å². The van der Waals surface area contributed by atoms with Gasteiger partial charge >= 0.3 is 0 Å². The highest BCUT2D eigenvalue weighted by atomic mass is 35.5. The molecule has 3 nitrogen and oxygen atoms in total. The van der Waals surface area contributed by atoms with Gasteiger partial charge in [0.1, 0.15) is 31.9 Å². The molecule has 122 valence electrons. The fraction of sp³-hybridized carbons (Fsp3) is 0.556. The van der Waals surface area contributed by atoms with Gasteiger partial charge in [-0.25, -0.2) is 0 Å². The molecule has 22 heavy (non-hydrogen) atoms. The SMILES string of the molecule is C=CCc1cc(Cl)ccc1OCCCC[NH+]1CC[NH+](C)CC1. The number of hydrogen-bond donors (Lipinski definition) is 2. The molecule has 2 N–H and O–H groups in total. The van der Waals surface area contributed by atoms with Gasteiger partial charge in [0.15, 0.2) is 0 Å². The maximum absolute atomic E-state index is 6.04. The van der Waals surface area contributed by atoms with E-state index in [0.717, 1.165) is 35.8 Å². The lowest BCUT2D eigenvalue weighted by Gasteiger charge is -2.27. The largest absolute Gasteiger partial charge is 0.493 e. The van der Waals surface area contributed by atoms with Gasteiger partial charge < -0.3 is 14.5 Å². The molecule has 0 aliphatic carbocycles. The van der Waals surface area contributed by atoms with Crippen molar-refractivity contribution in [3.05, 3.63) is 41.4 Å². The normalized spacial score (nSPS) is 21.5. The van der Waals surface area contributed by atoms with E-state index in [1.165, 1.54) is 39.1 Å². The minimum Gasteiger partial charge on any atom is -0.493 e. The Bertz CT molecular complexity index is 470. The molecular weight excluding hydrogens is 296 g/mol. The van der Waals surface area contributed by atoms with Crippen LogP contribution in [0.25, 0.3) is 0 Å². The molecule has 4 heteroatoms. The second-order valence-corrected chi connectivity index (χ2v) is 6.69. The van der Waals surface area contributed by atoms with E-state index in [4.69, 9.17) is 16.3 Å². The molecule has 1 heterocycles. The topological polar surface area (TPSA) is 18.1 Å². The van der Waals surface area contributed by atoms with Gasteiger partial charge in [-0.05, 0) is 43.0 Å². The van der Waals surface area contributed by atoms with Crippen LogP contribution in [0.3, 0.4) is 0 Å². The van der Waals surface area contributed by atoms with Gasteiger partial charge in [-0.1, -0.05) is 17.7 Å². The third-order valence-corrected chi connectivity index (χ3v) is 4.61. The summed E-state index contributed by atoms with van der Waals surface area (Å²) in [6.07, 6.45) is 5.03. The third-order valence-electron chi connectivity index (χ3n) is 4.38. The smallest absolute Gasteiger partial charge is 0.127 e. The number of halogens is 1. The molecule has 1 aliphatic rings. The molecule has 1 aromatic carbocycles. The molecule has 0 unspecified atom stereocenters. The van der Waals surface area contributed by atoms with Crippen LogP contribution in [0.2, 0.25) is 5.02 Å². The van der Waals surface area contributed by atoms with Crippen molar-refractivity contribution < 1.29 is 14.5 Å². The van der Waals surface area contributed by atoms with Crippen molar-refractivity contribution >= 4 is 11.6 Å². The minimum atomic E-state index is 0.755. The lowest BCUT2D eigenvalue weighted by Crippen LogP contribution is -3.27. The van der Waals surface area contributed by atoms with Gasteiger partial charge in [0.2, 0.25) is 0 Å². The minimum absolute atomic E-state index is 0.755. The zero-order valence-electron chi connectivity index (χ0n) is 13.7. The molecule has 2 rings (SSSR count). The second-order valence-electron chi connectivity index (χ2n) is 6.26. The number of piperazine rings is 1. The number of unbranched alkanes of at least 4 members (excludes halogenated alkanes) is 1. The number of allylic oxidation sites excluding steroid dienone is 1. The summed E-state index contributed by atoms with van der Waals surface area (Å²) in [6.45, 7) is 11.1. The Balaban J connectivity index is 1.67. The van der Waals surface area contributed by atoms with Crippen LogP contribution in [-0.2, 0) is 6.42 Å². The van der Waals surface area contributed by atoms with E-state index < -0.39 is 0 Å². The van der Waals surface area contributed by atoms with Crippen molar-refractivity contribution in [2.24, 2.45) is 0 Å². The van der Waals surface area contributed by atoms with Crippen LogP contribution in [-0.4, -0.2) is 46.4 Å². The Kier molecular flexibility index (Phi) is 7.23. The van der Waals surface area contributed by atoms with Crippen molar-refractivity contribution in [2.45, 2.75) is 19.3 Å². The molecule has 0 radical (unpaired) electrons. The van der Waals surface area contributed by atoms with Gasteiger partial charge in [-0.15, -0.1) is 6.58 Å². The van der Waals surface area contributed by atoms with Crippen LogP contribution in [0, 0.1) is 0 Å². The molecule has 0 spiro atoms. The van der Waals surface area contributed by atoms with E-state index in [0.29, 0.717) is 0 Å². The van der Waals surface area contributed by atoms with Crippen LogP contribution in [0.15, 0.2) is 30.9 Å². The fourth-order valence-corrected chi connectivity index (χ4v) is 3.14. The van der Waals surface area contributed by atoms with Crippen molar-refractivity contribution in [3.63, 3.8) is 0 Å². The van der Waals surface area contributed by atoms with Crippen molar-refractivity contribution in [2.75, 3.05) is 46.4 Å². The second kappa shape index (κ2) is 9.19. The number of quaternary nitrogens is 2. The highest BCUT2D eigenvalue weighted by molar-refractivity contribution is 6.30. The summed E-state index contributed by atoms with van der Waals surface area (Å²) in [4.78, 5) is 3.43. The van der Waals surface area contributed by atoms with Crippen molar-refractivity contribution in [3.8, 4) is 5.75 Å². The lowest BCUT2D eigenvalue weighted by atomic mass is 10.1. The molecular formula is C18H29ClN2O+2. The van der Waals surface area contributed by atoms with E-state index >= 15 is 0 Å². The number of nitrogens with one attached hydrogen (secondary N) is 2. The first kappa shape index (κ1) is 17.3. The molecule has 0 atom stereocenters. The first-order chi connectivity index (χ1) is 10.7.